The predicted octanol–water partition coefficient (Wildman–Crippen LogP) is 3.04. The topological polar surface area (TPSA) is 51.7 Å². The lowest BCUT2D eigenvalue weighted by atomic mass is 9.88. The minimum absolute atomic E-state index is 0.223. The van der Waals surface area contributed by atoms with Gasteiger partial charge in [-0.1, -0.05) is 0 Å². The number of aromatic nitrogens is 1. The molecule has 0 N–H and O–H groups in total. The second kappa shape index (κ2) is 7.09. The molecule has 0 bridgehead atoms. The zero-order valence-electron chi connectivity index (χ0n) is 13.9. The number of rotatable bonds is 5. The largest absolute Gasteiger partial charge is 0.444 e. The first-order chi connectivity index (χ1) is 10.3. The maximum atomic E-state index is 12.0. The molecule has 0 unspecified atom stereocenters. The van der Waals surface area contributed by atoms with Gasteiger partial charge < -0.3 is 14.4 Å². The molecular weight excluding hydrogens is 280 g/mol. The van der Waals surface area contributed by atoms with Crippen molar-refractivity contribution in [3.63, 3.8) is 0 Å². The molecular formula is C17H26N2O3. The van der Waals surface area contributed by atoms with E-state index in [2.05, 4.69) is 4.98 Å². The number of hydrogen-bond acceptors (Lipinski definition) is 4. The van der Waals surface area contributed by atoms with Crippen LogP contribution in [0.25, 0.3) is 0 Å². The van der Waals surface area contributed by atoms with Crippen molar-refractivity contribution in [1.29, 1.82) is 0 Å². The van der Waals surface area contributed by atoms with Crippen molar-refractivity contribution in [2.24, 2.45) is 0 Å². The first kappa shape index (κ1) is 16.7. The smallest absolute Gasteiger partial charge is 0.410 e. The average molecular weight is 306 g/mol. The van der Waals surface area contributed by atoms with E-state index in [1.165, 1.54) is 5.56 Å². The highest BCUT2D eigenvalue weighted by atomic mass is 16.6. The van der Waals surface area contributed by atoms with Gasteiger partial charge in [-0.25, -0.2) is 4.79 Å². The average Bonchev–Trinajstić information content (AvgIpc) is 2.40. The molecule has 2 rings (SSSR count). The molecule has 0 saturated heterocycles. The number of hydrogen-bond donors (Lipinski definition) is 0. The number of nitrogens with zero attached hydrogens (tertiary/aromatic N) is 2. The molecule has 1 fully saturated rings. The van der Waals surface area contributed by atoms with Crippen molar-refractivity contribution < 1.29 is 14.3 Å². The van der Waals surface area contributed by atoms with E-state index in [1.807, 2.05) is 32.9 Å². The van der Waals surface area contributed by atoms with E-state index in [0.717, 1.165) is 19.3 Å². The Kier molecular flexibility index (Phi) is 5.40. The fraction of sp³-hybridized carbons (Fsp3) is 0.647. The summed E-state index contributed by atoms with van der Waals surface area (Å²) in [5.74, 6) is 0. The number of pyridine rings is 1. The van der Waals surface area contributed by atoms with Crippen LogP contribution in [0.1, 0.15) is 39.2 Å². The molecule has 1 aliphatic carbocycles. The van der Waals surface area contributed by atoms with Crippen LogP contribution in [-0.4, -0.2) is 47.4 Å². The predicted molar refractivity (Wildman–Crippen MR) is 84.7 cm³/mol. The Hall–Kier alpha value is -1.62. The Balaban J connectivity index is 1.64. The van der Waals surface area contributed by atoms with Gasteiger partial charge in [-0.15, -0.1) is 0 Å². The van der Waals surface area contributed by atoms with Crippen molar-refractivity contribution in [3.8, 4) is 0 Å². The highest BCUT2D eigenvalue weighted by molar-refractivity contribution is 5.68. The Bertz CT molecular complexity index is 478. The van der Waals surface area contributed by atoms with E-state index in [4.69, 9.17) is 9.47 Å². The molecule has 5 heteroatoms. The van der Waals surface area contributed by atoms with Crippen LogP contribution >= 0.6 is 0 Å². The third-order valence-corrected chi connectivity index (χ3v) is 3.79. The van der Waals surface area contributed by atoms with Crippen molar-refractivity contribution in [2.45, 2.75) is 57.8 Å². The summed E-state index contributed by atoms with van der Waals surface area (Å²) in [6, 6.07) is 4.23. The van der Waals surface area contributed by atoms with Gasteiger partial charge >= 0.3 is 6.09 Å². The quantitative estimate of drug-likeness (QED) is 0.839. The van der Waals surface area contributed by atoms with Crippen LogP contribution < -0.4 is 0 Å². The summed E-state index contributed by atoms with van der Waals surface area (Å²) < 4.78 is 11.2. The molecule has 22 heavy (non-hydrogen) atoms. The Labute approximate surface area is 132 Å². The zero-order valence-corrected chi connectivity index (χ0v) is 13.9. The van der Waals surface area contributed by atoms with Gasteiger partial charge in [0, 0.05) is 25.5 Å². The fourth-order valence-electron chi connectivity index (χ4n) is 2.37. The second-order valence-corrected chi connectivity index (χ2v) is 6.81. The van der Waals surface area contributed by atoms with Crippen molar-refractivity contribution in [3.05, 3.63) is 30.1 Å². The van der Waals surface area contributed by atoms with E-state index >= 15 is 0 Å². The standard InChI is InChI=1S/C17H26N2O3/c1-17(2,3)22-16(20)19(4)14-11-15(12-14)21-10-7-13-5-8-18-9-6-13/h5-6,8-9,14-15H,7,10-12H2,1-4H3. The molecule has 122 valence electrons. The summed E-state index contributed by atoms with van der Waals surface area (Å²) in [6.07, 6.45) is 6.24. The van der Waals surface area contributed by atoms with Crippen LogP contribution in [0, 0.1) is 0 Å². The molecule has 0 spiro atoms. The molecule has 1 aromatic rings. The van der Waals surface area contributed by atoms with Gasteiger partial charge in [-0.2, -0.15) is 0 Å². The molecule has 0 aromatic carbocycles. The summed E-state index contributed by atoms with van der Waals surface area (Å²) in [7, 11) is 1.80. The van der Waals surface area contributed by atoms with E-state index in [0.29, 0.717) is 6.61 Å². The fourth-order valence-corrected chi connectivity index (χ4v) is 2.37. The van der Waals surface area contributed by atoms with Crippen molar-refractivity contribution in [1.82, 2.24) is 9.88 Å². The number of ether oxygens (including phenoxy) is 2. The Morgan fingerprint density at radius 3 is 2.55 bits per heavy atom. The molecule has 1 amide bonds. The molecule has 1 saturated carbocycles. The minimum atomic E-state index is -0.449. The van der Waals surface area contributed by atoms with E-state index in [-0.39, 0.29) is 18.2 Å². The lowest BCUT2D eigenvalue weighted by Gasteiger charge is -2.41. The van der Waals surface area contributed by atoms with Gasteiger partial charge in [0.25, 0.3) is 0 Å². The van der Waals surface area contributed by atoms with Gasteiger partial charge in [-0.05, 0) is 57.7 Å². The summed E-state index contributed by atoms with van der Waals surface area (Å²) in [5, 5.41) is 0. The molecule has 5 nitrogen and oxygen atoms in total. The highest BCUT2D eigenvalue weighted by Gasteiger charge is 2.36. The van der Waals surface area contributed by atoms with E-state index in [1.54, 1.807) is 24.3 Å². The van der Waals surface area contributed by atoms with E-state index < -0.39 is 5.60 Å². The van der Waals surface area contributed by atoms with Crippen molar-refractivity contribution >= 4 is 6.09 Å². The normalized spacial score (nSPS) is 21.1. The first-order valence-corrected chi connectivity index (χ1v) is 7.81. The van der Waals surface area contributed by atoms with Gasteiger partial charge in [0.2, 0.25) is 0 Å². The van der Waals surface area contributed by atoms with Crippen LogP contribution in [0.5, 0.6) is 0 Å². The van der Waals surface area contributed by atoms with Crippen molar-refractivity contribution in [2.75, 3.05) is 13.7 Å². The lowest BCUT2D eigenvalue weighted by Crippen LogP contribution is -2.50. The molecule has 1 aliphatic rings. The molecule has 0 atom stereocenters. The maximum Gasteiger partial charge on any atom is 0.410 e. The first-order valence-electron chi connectivity index (χ1n) is 7.81. The van der Waals surface area contributed by atoms with Crippen LogP contribution in [-0.2, 0) is 15.9 Å². The maximum absolute atomic E-state index is 12.0. The number of amides is 1. The second-order valence-electron chi connectivity index (χ2n) is 6.81. The van der Waals surface area contributed by atoms with Crippen LogP contribution in [0.15, 0.2) is 24.5 Å². The van der Waals surface area contributed by atoms with Gasteiger partial charge in [0.1, 0.15) is 5.60 Å². The monoisotopic (exact) mass is 306 g/mol. The van der Waals surface area contributed by atoms with Gasteiger partial charge in [0.05, 0.1) is 12.7 Å². The van der Waals surface area contributed by atoms with Crippen LogP contribution in [0.4, 0.5) is 4.79 Å². The Morgan fingerprint density at radius 1 is 1.32 bits per heavy atom. The van der Waals surface area contributed by atoms with Crippen LogP contribution in [0.3, 0.4) is 0 Å². The van der Waals surface area contributed by atoms with Crippen LogP contribution in [0.2, 0.25) is 0 Å². The summed E-state index contributed by atoms with van der Waals surface area (Å²) >= 11 is 0. The number of carbonyl (C=O) groups excluding carboxylic acids is 1. The summed E-state index contributed by atoms with van der Waals surface area (Å²) in [4.78, 5) is 17.6. The number of carbonyl (C=O) groups is 1. The Morgan fingerprint density at radius 2 is 1.95 bits per heavy atom. The third-order valence-electron chi connectivity index (χ3n) is 3.79. The molecule has 1 heterocycles. The van der Waals surface area contributed by atoms with E-state index in [9.17, 15) is 4.79 Å². The molecule has 0 radical (unpaired) electrons. The lowest BCUT2D eigenvalue weighted by molar-refractivity contribution is -0.0501. The zero-order chi connectivity index (χ0) is 16.2. The summed E-state index contributed by atoms with van der Waals surface area (Å²) in [6.45, 7) is 6.34. The molecule has 1 aromatic heterocycles. The molecule has 0 aliphatic heterocycles. The van der Waals surface area contributed by atoms with Gasteiger partial charge in [-0.3, -0.25) is 4.98 Å². The third kappa shape index (κ3) is 4.98. The van der Waals surface area contributed by atoms with Gasteiger partial charge in [0.15, 0.2) is 0 Å². The SMILES string of the molecule is CN(C(=O)OC(C)(C)C)C1CC(OCCc2ccncc2)C1. The highest BCUT2D eigenvalue weighted by Crippen LogP contribution is 2.28. The minimum Gasteiger partial charge on any atom is -0.444 e. The summed E-state index contributed by atoms with van der Waals surface area (Å²) in [5.41, 5.74) is 0.784.